The second-order valence-corrected chi connectivity index (χ2v) is 6.80. The smallest absolute Gasteiger partial charge is 0.278 e. The maximum atomic E-state index is 12.8. The summed E-state index contributed by atoms with van der Waals surface area (Å²) in [4.78, 5) is 12.8. The Morgan fingerprint density at radius 3 is 2.69 bits per heavy atom. The molecule has 0 saturated heterocycles. The monoisotopic (exact) mass is 394 g/mol. The molecule has 1 amide bonds. The second kappa shape index (κ2) is 7.92. The van der Waals surface area contributed by atoms with Crippen LogP contribution in [-0.4, -0.2) is 35.1 Å². The van der Waals surface area contributed by atoms with Gasteiger partial charge in [0.2, 0.25) is 0 Å². The topological polar surface area (TPSA) is 87.5 Å². The Balaban J connectivity index is 1.52. The molecule has 1 aliphatic rings. The lowest BCUT2D eigenvalue weighted by Crippen LogP contribution is -2.24. The van der Waals surface area contributed by atoms with Gasteiger partial charge >= 0.3 is 0 Å². The average molecular weight is 394 g/mol. The summed E-state index contributed by atoms with van der Waals surface area (Å²) in [6, 6.07) is 13.3. The molecule has 1 aromatic heterocycles. The van der Waals surface area contributed by atoms with E-state index in [0.717, 1.165) is 16.9 Å². The highest BCUT2D eigenvalue weighted by Crippen LogP contribution is 2.29. The van der Waals surface area contributed by atoms with Crippen molar-refractivity contribution in [3.8, 4) is 11.5 Å². The van der Waals surface area contributed by atoms with Crippen molar-refractivity contribution in [3.05, 3.63) is 65.0 Å². The lowest BCUT2D eigenvalue weighted by Gasteiger charge is -2.24. The van der Waals surface area contributed by atoms with E-state index >= 15 is 0 Å². The molecule has 1 unspecified atom stereocenters. The number of carbonyl (C=O) groups is 1. The molecule has 29 heavy (non-hydrogen) atoms. The van der Waals surface area contributed by atoms with Gasteiger partial charge in [-0.2, -0.15) is 0 Å². The predicted molar refractivity (Wildman–Crippen MR) is 106 cm³/mol. The highest BCUT2D eigenvalue weighted by Gasteiger charge is 2.28. The number of anilines is 1. The zero-order chi connectivity index (χ0) is 20.4. The van der Waals surface area contributed by atoms with Crippen molar-refractivity contribution < 1.29 is 19.0 Å². The summed E-state index contributed by atoms with van der Waals surface area (Å²) in [5.74, 6) is 1.03. The molecule has 8 heteroatoms. The normalized spacial score (nSPS) is 15.5. The second-order valence-electron chi connectivity index (χ2n) is 6.80. The molecule has 3 aromatic rings. The number of fused-ring (bicyclic) bond motifs is 1. The van der Waals surface area contributed by atoms with E-state index in [2.05, 4.69) is 15.6 Å². The minimum atomic E-state index is -0.346. The summed E-state index contributed by atoms with van der Waals surface area (Å²) < 4.78 is 18.2. The van der Waals surface area contributed by atoms with E-state index in [1.165, 1.54) is 0 Å². The van der Waals surface area contributed by atoms with Gasteiger partial charge in [0.15, 0.2) is 5.69 Å². The molecule has 1 aliphatic heterocycles. The first-order chi connectivity index (χ1) is 14.1. The number of nitrogens with zero attached hydrogens (tertiary/aromatic N) is 3. The van der Waals surface area contributed by atoms with Crippen LogP contribution in [0, 0.1) is 6.92 Å². The van der Waals surface area contributed by atoms with Crippen molar-refractivity contribution in [1.29, 1.82) is 0 Å². The fourth-order valence-corrected chi connectivity index (χ4v) is 3.31. The third-order valence-corrected chi connectivity index (χ3v) is 4.90. The lowest BCUT2D eigenvalue weighted by molar-refractivity contribution is -0.00173. The largest absolute Gasteiger partial charge is 0.497 e. The lowest BCUT2D eigenvalue weighted by atomic mass is 10.1. The number of rotatable bonds is 5. The van der Waals surface area contributed by atoms with Gasteiger partial charge in [-0.25, -0.2) is 4.68 Å². The highest BCUT2D eigenvalue weighted by atomic mass is 16.5. The Labute approximate surface area is 168 Å². The SMILES string of the molecule is COc1ccc(C2Cn3nnc(C(=O)Nc4cc(C)ccc4OC)c3CO2)cc1. The van der Waals surface area contributed by atoms with E-state index < -0.39 is 0 Å². The Kier molecular flexibility index (Phi) is 5.18. The Bertz CT molecular complexity index is 1030. The van der Waals surface area contributed by atoms with Gasteiger partial charge in [0, 0.05) is 0 Å². The molecule has 2 aromatic carbocycles. The number of amides is 1. The van der Waals surface area contributed by atoms with Crippen molar-refractivity contribution in [3.63, 3.8) is 0 Å². The van der Waals surface area contributed by atoms with Gasteiger partial charge in [0.1, 0.15) is 17.6 Å². The number of benzene rings is 2. The van der Waals surface area contributed by atoms with Crippen LogP contribution in [0.1, 0.15) is 33.4 Å². The van der Waals surface area contributed by atoms with Crippen molar-refractivity contribution in [1.82, 2.24) is 15.0 Å². The minimum absolute atomic E-state index is 0.164. The first-order valence-electron chi connectivity index (χ1n) is 9.23. The number of hydrogen-bond acceptors (Lipinski definition) is 6. The highest BCUT2D eigenvalue weighted by molar-refractivity contribution is 6.04. The van der Waals surface area contributed by atoms with Gasteiger partial charge in [0.25, 0.3) is 5.91 Å². The zero-order valence-electron chi connectivity index (χ0n) is 16.5. The van der Waals surface area contributed by atoms with E-state index in [9.17, 15) is 4.79 Å². The first-order valence-corrected chi connectivity index (χ1v) is 9.23. The van der Waals surface area contributed by atoms with Gasteiger partial charge in [0.05, 0.1) is 38.8 Å². The van der Waals surface area contributed by atoms with Gasteiger partial charge in [-0.1, -0.05) is 23.4 Å². The molecule has 0 spiro atoms. The predicted octanol–water partition coefficient (Wildman–Crippen LogP) is 3.13. The maximum Gasteiger partial charge on any atom is 0.278 e. The van der Waals surface area contributed by atoms with Crippen LogP contribution in [0.3, 0.4) is 0 Å². The third-order valence-electron chi connectivity index (χ3n) is 4.90. The number of aryl methyl sites for hydroxylation is 1. The van der Waals surface area contributed by atoms with Crippen molar-refractivity contribution >= 4 is 11.6 Å². The summed E-state index contributed by atoms with van der Waals surface area (Å²) in [5.41, 5.74) is 3.52. The van der Waals surface area contributed by atoms with E-state index in [1.54, 1.807) is 18.9 Å². The fraction of sp³-hybridized carbons (Fsp3) is 0.286. The number of aromatic nitrogens is 3. The standard InChI is InChI=1S/C21H22N4O4/c1-13-4-9-18(28-3)16(10-13)22-21(26)20-17-12-29-19(11-25(17)24-23-20)14-5-7-15(27-2)8-6-14/h4-10,19H,11-12H2,1-3H3,(H,22,26). The van der Waals surface area contributed by atoms with Crippen LogP contribution in [0.2, 0.25) is 0 Å². The molecule has 8 nitrogen and oxygen atoms in total. The van der Waals surface area contributed by atoms with Gasteiger partial charge in [-0.15, -0.1) is 5.10 Å². The van der Waals surface area contributed by atoms with Gasteiger partial charge in [-0.3, -0.25) is 4.79 Å². The molecule has 0 saturated carbocycles. The Hall–Kier alpha value is -3.39. The molecular weight excluding hydrogens is 372 g/mol. The zero-order valence-corrected chi connectivity index (χ0v) is 16.5. The average Bonchev–Trinajstić information content (AvgIpc) is 3.17. The Morgan fingerprint density at radius 2 is 1.97 bits per heavy atom. The number of nitrogens with one attached hydrogen (secondary N) is 1. The molecular formula is C21H22N4O4. The van der Waals surface area contributed by atoms with E-state index in [1.807, 2.05) is 49.4 Å². The molecule has 0 aliphatic carbocycles. The van der Waals surface area contributed by atoms with Crippen LogP contribution < -0.4 is 14.8 Å². The van der Waals surface area contributed by atoms with Gasteiger partial charge in [-0.05, 0) is 42.3 Å². The van der Waals surface area contributed by atoms with Crippen LogP contribution >= 0.6 is 0 Å². The van der Waals surface area contributed by atoms with E-state index in [0.29, 0.717) is 23.7 Å². The summed E-state index contributed by atoms with van der Waals surface area (Å²) in [7, 11) is 3.19. The number of methoxy groups -OCH3 is 2. The number of carbonyl (C=O) groups excluding carboxylic acids is 1. The van der Waals surface area contributed by atoms with Crippen LogP contribution in [0.15, 0.2) is 42.5 Å². The summed E-state index contributed by atoms with van der Waals surface area (Å²) in [6.07, 6.45) is -0.164. The van der Waals surface area contributed by atoms with Crippen molar-refractivity contribution in [2.75, 3.05) is 19.5 Å². The quantitative estimate of drug-likeness (QED) is 0.715. The summed E-state index contributed by atoms with van der Waals surface area (Å²) in [5, 5.41) is 11.1. The van der Waals surface area contributed by atoms with E-state index in [4.69, 9.17) is 14.2 Å². The number of hydrogen-bond donors (Lipinski definition) is 1. The molecule has 0 fully saturated rings. The molecule has 150 valence electrons. The molecule has 1 atom stereocenters. The van der Waals surface area contributed by atoms with Crippen LogP contribution in [0.25, 0.3) is 0 Å². The Morgan fingerprint density at radius 1 is 1.17 bits per heavy atom. The number of ether oxygens (including phenoxy) is 3. The van der Waals surface area contributed by atoms with Crippen LogP contribution in [0.5, 0.6) is 11.5 Å². The molecule has 2 heterocycles. The van der Waals surface area contributed by atoms with Crippen LogP contribution in [0.4, 0.5) is 5.69 Å². The van der Waals surface area contributed by atoms with Crippen LogP contribution in [-0.2, 0) is 17.9 Å². The van der Waals surface area contributed by atoms with Crippen molar-refractivity contribution in [2.45, 2.75) is 26.2 Å². The minimum Gasteiger partial charge on any atom is -0.497 e. The maximum absolute atomic E-state index is 12.8. The van der Waals surface area contributed by atoms with E-state index in [-0.39, 0.29) is 24.3 Å². The summed E-state index contributed by atoms with van der Waals surface area (Å²) >= 11 is 0. The molecule has 1 N–H and O–H groups in total. The molecule has 0 bridgehead atoms. The van der Waals surface area contributed by atoms with Crippen molar-refractivity contribution in [2.24, 2.45) is 0 Å². The fourth-order valence-electron chi connectivity index (χ4n) is 3.31. The molecule has 0 radical (unpaired) electrons. The third kappa shape index (κ3) is 3.79. The summed E-state index contributed by atoms with van der Waals surface area (Å²) in [6.45, 7) is 2.68. The van der Waals surface area contributed by atoms with Gasteiger partial charge < -0.3 is 19.5 Å². The first kappa shape index (κ1) is 18.9. The molecule has 4 rings (SSSR count).